The topological polar surface area (TPSA) is 64.4 Å². The summed E-state index contributed by atoms with van der Waals surface area (Å²) in [5.41, 5.74) is 1.66. The number of hydrogen-bond donors (Lipinski definition) is 0. The molecule has 0 spiro atoms. The van der Waals surface area contributed by atoms with Gasteiger partial charge in [0.1, 0.15) is 12.3 Å². The van der Waals surface area contributed by atoms with Gasteiger partial charge < -0.3 is 9.30 Å². The van der Waals surface area contributed by atoms with E-state index in [4.69, 9.17) is 16.3 Å². The van der Waals surface area contributed by atoms with Crippen LogP contribution in [0.4, 0.5) is 10.8 Å². The molecule has 0 bridgehead atoms. The maximum Gasteiger partial charge on any atom is 0.355 e. The van der Waals surface area contributed by atoms with Gasteiger partial charge in [-0.15, -0.1) is 11.3 Å². The number of esters is 1. The molecular formula is C18H16ClN3O3S. The second-order valence-corrected chi connectivity index (χ2v) is 6.81. The van der Waals surface area contributed by atoms with Crippen molar-refractivity contribution in [2.75, 3.05) is 4.90 Å². The highest BCUT2D eigenvalue weighted by Gasteiger charge is 2.19. The minimum atomic E-state index is -0.426. The van der Waals surface area contributed by atoms with Crippen LogP contribution in [0.1, 0.15) is 23.1 Å². The van der Waals surface area contributed by atoms with E-state index in [1.165, 1.54) is 23.2 Å². The molecule has 0 aliphatic carbocycles. The highest BCUT2D eigenvalue weighted by atomic mass is 35.5. The van der Waals surface area contributed by atoms with Crippen LogP contribution in [0.15, 0.2) is 48.0 Å². The molecule has 0 radical (unpaired) electrons. The summed E-state index contributed by atoms with van der Waals surface area (Å²) in [5.74, 6) is -0.612. The van der Waals surface area contributed by atoms with Gasteiger partial charge in [-0.1, -0.05) is 17.7 Å². The third-order valence-corrected chi connectivity index (χ3v) is 4.73. The lowest BCUT2D eigenvalue weighted by Gasteiger charge is -2.18. The monoisotopic (exact) mass is 389 g/mol. The molecule has 3 aromatic rings. The fourth-order valence-corrected chi connectivity index (χ4v) is 3.45. The highest BCUT2D eigenvalue weighted by Crippen LogP contribution is 2.30. The number of aryl methyl sites for hydroxylation is 1. The van der Waals surface area contributed by atoms with Crippen molar-refractivity contribution in [3.63, 3.8) is 0 Å². The van der Waals surface area contributed by atoms with Crippen LogP contribution in [0, 0.1) is 0 Å². The van der Waals surface area contributed by atoms with Crippen molar-refractivity contribution in [1.29, 1.82) is 0 Å². The van der Waals surface area contributed by atoms with Crippen molar-refractivity contribution in [2.24, 2.45) is 7.05 Å². The first kappa shape index (κ1) is 18.2. The Morgan fingerprint density at radius 2 is 2.12 bits per heavy atom. The predicted octanol–water partition coefficient (Wildman–Crippen LogP) is 4.18. The smallest absolute Gasteiger partial charge is 0.355 e. The van der Waals surface area contributed by atoms with Crippen molar-refractivity contribution in [1.82, 2.24) is 9.55 Å². The molecule has 0 aliphatic rings. The first-order valence-electron chi connectivity index (χ1n) is 7.75. The van der Waals surface area contributed by atoms with E-state index in [9.17, 15) is 9.59 Å². The van der Waals surface area contributed by atoms with Gasteiger partial charge in [0.25, 0.3) is 0 Å². The summed E-state index contributed by atoms with van der Waals surface area (Å²) < 4.78 is 6.98. The molecule has 8 heteroatoms. The quantitative estimate of drug-likeness (QED) is 0.614. The first-order chi connectivity index (χ1) is 12.5. The van der Waals surface area contributed by atoms with E-state index in [0.29, 0.717) is 27.2 Å². The Kier molecular flexibility index (Phi) is 5.39. The van der Waals surface area contributed by atoms with Gasteiger partial charge in [0.05, 0.1) is 11.4 Å². The van der Waals surface area contributed by atoms with Gasteiger partial charge in [-0.2, -0.15) is 0 Å². The maximum absolute atomic E-state index is 12.1. The molecule has 0 fully saturated rings. The van der Waals surface area contributed by atoms with Crippen molar-refractivity contribution in [2.45, 2.75) is 13.5 Å². The summed E-state index contributed by atoms with van der Waals surface area (Å²) in [4.78, 5) is 30.0. The van der Waals surface area contributed by atoms with E-state index in [1.807, 2.05) is 0 Å². The van der Waals surface area contributed by atoms with Gasteiger partial charge in [-0.3, -0.25) is 9.69 Å². The lowest BCUT2D eigenvalue weighted by atomic mass is 10.3. The summed E-state index contributed by atoms with van der Waals surface area (Å²) in [5, 5.41) is 2.78. The third kappa shape index (κ3) is 3.95. The van der Waals surface area contributed by atoms with Crippen molar-refractivity contribution < 1.29 is 14.3 Å². The Labute approximate surface area is 159 Å². The lowest BCUT2D eigenvalue weighted by Crippen LogP contribution is -2.22. The van der Waals surface area contributed by atoms with E-state index < -0.39 is 5.97 Å². The van der Waals surface area contributed by atoms with Crippen LogP contribution >= 0.6 is 22.9 Å². The van der Waals surface area contributed by atoms with Gasteiger partial charge in [0.15, 0.2) is 5.13 Å². The fourth-order valence-electron chi connectivity index (χ4n) is 2.39. The fraction of sp³-hybridized carbons (Fsp3) is 0.167. The molecule has 26 heavy (non-hydrogen) atoms. The summed E-state index contributed by atoms with van der Waals surface area (Å²) in [6.07, 6.45) is 1.77. The van der Waals surface area contributed by atoms with E-state index in [-0.39, 0.29) is 12.5 Å². The number of aromatic nitrogens is 2. The van der Waals surface area contributed by atoms with Gasteiger partial charge >= 0.3 is 5.97 Å². The molecule has 0 saturated carbocycles. The normalized spacial score (nSPS) is 10.6. The zero-order valence-electron chi connectivity index (χ0n) is 14.2. The Morgan fingerprint density at radius 1 is 1.31 bits per heavy atom. The molecule has 3 rings (SSSR count). The van der Waals surface area contributed by atoms with Crippen LogP contribution in [-0.4, -0.2) is 21.4 Å². The van der Waals surface area contributed by atoms with Gasteiger partial charge in [0.2, 0.25) is 5.91 Å². The van der Waals surface area contributed by atoms with Gasteiger partial charge in [-0.05, 0) is 30.3 Å². The summed E-state index contributed by atoms with van der Waals surface area (Å²) in [6.45, 7) is 1.49. The van der Waals surface area contributed by atoms with Crippen LogP contribution in [0.2, 0.25) is 5.02 Å². The van der Waals surface area contributed by atoms with Gasteiger partial charge in [0, 0.05) is 30.6 Å². The number of hydrogen-bond acceptors (Lipinski definition) is 5. The van der Waals surface area contributed by atoms with E-state index in [1.54, 1.807) is 59.6 Å². The van der Waals surface area contributed by atoms with Crippen LogP contribution < -0.4 is 4.90 Å². The zero-order chi connectivity index (χ0) is 18.7. The summed E-state index contributed by atoms with van der Waals surface area (Å²) >= 11 is 7.31. The molecule has 1 aromatic carbocycles. The average Bonchev–Trinajstić information content (AvgIpc) is 3.22. The zero-order valence-corrected chi connectivity index (χ0v) is 15.8. The van der Waals surface area contributed by atoms with Crippen LogP contribution in [0.25, 0.3) is 0 Å². The molecule has 134 valence electrons. The third-order valence-electron chi connectivity index (χ3n) is 3.62. The van der Waals surface area contributed by atoms with E-state index in [0.717, 1.165) is 0 Å². The van der Waals surface area contributed by atoms with Crippen molar-refractivity contribution >= 4 is 45.6 Å². The van der Waals surface area contributed by atoms with Gasteiger partial charge in [-0.25, -0.2) is 9.78 Å². The molecule has 2 heterocycles. The van der Waals surface area contributed by atoms with E-state index >= 15 is 0 Å². The Balaban J connectivity index is 1.74. The van der Waals surface area contributed by atoms with Crippen molar-refractivity contribution in [3.05, 3.63) is 64.4 Å². The summed E-state index contributed by atoms with van der Waals surface area (Å²) in [7, 11) is 1.77. The number of amides is 1. The standard InChI is InChI=1S/C18H16ClN3O3S/c1-12(23)22(15-6-3-5-13(19)9-15)18-20-14(11-26-18)10-25-17(24)16-7-4-8-21(16)2/h3-9,11H,10H2,1-2H3. The first-order valence-corrected chi connectivity index (χ1v) is 9.00. The van der Waals surface area contributed by atoms with Crippen LogP contribution in [0.3, 0.4) is 0 Å². The number of thiazole rings is 1. The largest absolute Gasteiger partial charge is 0.454 e. The highest BCUT2D eigenvalue weighted by molar-refractivity contribution is 7.14. The molecule has 0 aliphatic heterocycles. The lowest BCUT2D eigenvalue weighted by molar-refractivity contribution is -0.115. The van der Waals surface area contributed by atoms with Crippen LogP contribution in [-0.2, 0) is 23.2 Å². The van der Waals surface area contributed by atoms with Crippen molar-refractivity contribution in [3.8, 4) is 0 Å². The number of anilines is 2. The molecule has 0 unspecified atom stereocenters. The number of nitrogens with zero attached hydrogens (tertiary/aromatic N) is 3. The Morgan fingerprint density at radius 3 is 2.77 bits per heavy atom. The number of carbonyl (C=O) groups is 2. The molecule has 0 N–H and O–H groups in total. The molecule has 0 atom stereocenters. The Bertz CT molecular complexity index is 951. The number of ether oxygens (including phenoxy) is 1. The van der Waals surface area contributed by atoms with Crippen LogP contribution in [0.5, 0.6) is 0 Å². The minimum Gasteiger partial charge on any atom is -0.454 e. The molecular weight excluding hydrogens is 374 g/mol. The molecule has 6 nitrogen and oxygen atoms in total. The molecule has 2 aromatic heterocycles. The SMILES string of the molecule is CC(=O)N(c1cccc(Cl)c1)c1nc(COC(=O)c2cccn2C)cs1. The number of carbonyl (C=O) groups excluding carboxylic acids is 2. The number of rotatable bonds is 5. The second kappa shape index (κ2) is 7.72. The Hall–Kier alpha value is -2.64. The average molecular weight is 390 g/mol. The number of halogens is 1. The predicted molar refractivity (Wildman–Crippen MR) is 101 cm³/mol. The minimum absolute atomic E-state index is 0.0296. The second-order valence-electron chi connectivity index (χ2n) is 5.54. The number of benzene rings is 1. The maximum atomic E-state index is 12.1. The summed E-state index contributed by atoms with van der Waals surface area (Å²) in [6, 6.07) is 10.4. The molecule has 0 saturated heterocycles. The van der Waals surface area contributed by atoms with E-state index in [2.05, 4.69) is 4.98 Å². The molecule has 1 amide bonds.